The molecule has 36 heavy (non-hydrogen) atoms. The van der Waals surface area contributed by atoms with Crippen molar-refractivity contribution in [1.82, 2.24) is 10.2 Å². The Kier molecular flexibility index (Phi) is 10.0. The van der Waals surface area contributed by atoms with Crippen LogP contribution in [0.4, 0.5) is 5.69 Å². The van der Waals surface area contributed by atoms with Gasteiger partial charge in [0, 0.05) is 31.1 Å². The Morgan fingerprint density at radius 3 is 2.39 bits per heavy atom. The number of anilines is 1. The number of thiocarbonyl (C=S) groups is 1. The number of ether oxygens (including phenoxy) is 2. The van der Waals surface area contributed by atoms with Crippen molar-refractivity contribution in [1.29, 1.82) is 0 Å². The van der Waals surface area contributed by atoms with Crippen molar-refractivity contribution in [3.05, 3.63) is 76.5 Å². The lowest BCUT2D eigenvalue weighted by atomic mass is 9.95. The number of amides is 1. The SMILES string of the molecule is CCCCCc1ccc(C(=O)Nc2ccc(C3NC(=S)N(C)C(C)=C3C(=O)OCCOC)cc2)cc1. The molecule has 0 aliphatic carbocycles. The van der Waals surface area contributed by atoms with E-state index >= 15 is 0 Å². The summed E-state index contributed by atoms with van der Waals surface area (Å²) in [6.07, 6.45) is 4.59. The second-order valence-corrected chi connectivity index (χ2v) is 9.19. The number of benzene rings is 2. The number of nitrogens with one attached hydrogen (secondary N) is 2. The minimum atomic E-state index is -0.464. The largest absolute Gasteiger partial charge is 0.460 e. The van der Waals surface area contributed by atoms with Gasteiger partial charge in [-0.1, -0.05) is 44.0 Å². The van der Waals surface area contributed by atoms with Gasteiger partial charge in [0.15, 0.2) is 5.11 Å². The van der Waals surface area contributed by atoms with Crippen molar-refractivity contribution in [2.45, 2.75) is 45.6 Å². The van der Waals surface area contributed by atoms with Crippen molar-refractivity contribution in [3.8, 4) is 0 Å². The topological polar surface area (TPSA) is 79.9 Å². The van der Waals surface area contributed by atoms with E-state index in [4.69, 9.17) is 21.7 Å². The van der Waals surface area contributed by atoms with E-state index in [1.807, 2.05) is 55.5 Å². The van der Waals surface area contributed by atoms with Gasteiger partial charge in [-0.05, 0) is 67.4 Å². The van der Waals surface area contributed by atoms with Gasteiger partial charge in [0.2, 0.25) is 0 Å². The first-order chi connectivity index (χ1) is 17.3. The van der Waals surface area contributed by atoms with Crippen molar-refractivity contribution in [3.63, 3.8) is 0 Å². The summed E-state index contributed by atoms with van der Waals surface area (Å²) in [6, 6.07) is 14.7. The van der Waals surface area contributed by atoms with Crippen LogP contribution in [0.15, 0.2) is 59.8 Å². The summed E-state index contributed by atoms with van der Waals surface area (Å²) < 4.78 is 10.4. The Hall–Kier alpha value is -3.23. The van der Waals surface area contributed by atoms with Gasteiger partial charge in [0.25, 0.3) is 5.91 Å². The molecule has 7 nitrogen and oxygen atoms in total. The monoisotopic (exact) mass is 509 g/mol. The Morgan fingerprint density at radius 1 is 1.06 bits per heavy atom. The molecule has 1 unspecified atom stereocenters. The number of allylic oxidation sites excluding steroid dienone is 1. The standard InChI is InChI=1S/C28H35N3O4S/c1-5-6-7-8-20-9-11-22(12-10-20)26(32)29-23-15-13-21(14-16-23)25-24(27(33)35-18-17-34-4)19(2)31(3)28(36)30-25/h9-16,25H,5-8,17-18H2,1-4H3,(H,29,32)(H,30,36). The van der Waals surface area contributed by atoms with E-state index in [9.17, 15) is 9.59 Å². The molecule has 1 aliphatic rings. The highest BCUT2D eigenvalue weighted by Gasteiger charge is 2.33. The van der Waals surface area contributed by atoms with E-state index in [0.29, 0.717) is 28.5 Å². The second-order valence-electron chi connectivity index (χ2n) is 8.80. The van der Waals surface area contributed by atoms with Gasteiger partial charge in [-0.15, -0.1) is 0 Å². The molecule has 1 aliphatic heterocycles. The normalized spacial score (nSPS) is 15.5. The summed E-state index contributed by atoms with van der Waals surface area (Å²) in [5.74, 6) is -0.591. The van der Waals surface area contributed by atoms with Crippen LogP contribution >= 0.6 is 12.2 Å². The predicted octanol–water partition coefficient (Wildman–Crippen LogP) is 5.00. The first kappa shape index (κ1) is 27.4. The lowest BCUT2D eigenvalue weighted by Crippen LogP contribution is -2.46. The summed E-state index contributed by atoms with van der Waals surface area (Å²) in [5, 5.41) is 6.68. The van der Waals surface area contributed by atoms with Crippen molar-refractivity contribution < 1.29 is 19.1 Å². The van der Waals surface area contributed by atoms with Gasteiger partial charge in [-0.3, -0.25) is 4.79 Å². The van der Waals surface area contributed by atoms with Crippen LogP contribution < -0.4 is 10.6 Å². The maximum absolute atomic E-state index is 12.9. The molecule has 2 aromatic rings. The Labute approximate surface area is 218 Å². The van der Waals surface area contributed by atoms with Gasteiger partial charge >= 0.3 is 5.97 Å². The van der Waals surface area contributed by atoms with Crippen LogP contribution in [0.2, 0.25) is 0 Å². The highest BCUT2D eigenvalue weighted by atomic mass is 32.1. The zero-order valence-electron chi connectivity index (χ0n) is 21.4. The van der Waals surface area contributed by atoms with E-state index in [2.05, 4.69) is 17.6 Å². The highest BCUT2D eigenvalue weighted by molar-refractivity contribution is 7.80. The second kappa shape index (κ2) is 13.2. The number of unbranched alkanes of at least 4 members (excludes halogenated alkanes) is 2. The number of aryl methyl sites for hydroxylation is 1. The Balaban J connectivity index is 1.71. The number of nitrogens with zero attached hydrogens (tertiary/aromatic N) is 1. The minimum absolute atomic E-state index is 0.164. The minimum Gasteiger partial charge on any atom is -0.460 e. The molecule has 3 rings (SSSR count). The quantitative estimate of drug-likeness (QED) is 0.251. The van der Waals surface area contributed by atoms with Gasteiger partial charge in [-0.25, -0.2) is 4.79 Å². The molecule has 1 atom stereocenters. The summed E-state index contributed by atoms with van der Waals surface area (Å²) >= 11 is 5.46. The van der Waals surface area contributed by atoms with E-state index in [0.717, 1.165) is 24.1 Å². The van der Waals surface area contributed by atoms with Gasteiger partial charge in [-0.2, -0.15) is 0 Å². The van der Waals surface area contributed by atoms with Crippen molar-refractivity contribution in [2.75, 3.05) is 32.7 Å². The number of carbonyl (C=O) groups is 2. The average molecular weight is 510 g/mol. The van der Waals surface area contributed by atoms with Crippen LogP contribution in [0, 0.1) is 0 Å². The number of hydrogen-bond donors (Lipinski definition) is 2. The Bertz CT molecular complexity index is 1100. The third kappa shape index (κ3) is 6.92. The van der Waals surface area contributed by atoms with Crippen LogP contribution in [0.25, 0.3) is 0 Å². The number of esters is 1. The zero-order valence-corrected chi connectivity index (χ0v) is 22.2. The molecule has 0 saturated carbocycles. The van der Waals surface area contributed by atoms with E-state index in [1.165, 1.54) is 18.4 Å². The molecule has 0 saturated heterocycles. The molecule has 1 heterocycles. The predicted molar refractivity (Wildman–Crippen MR) is 146 cm³/mol. The third-order valence-corrected chi connectivity index (χ3v) is 6.67. The molecular formula is C28H35N3O4S. The summed E-state index contributed by atoms with van der Waals surface area (Å²) in [6.45, 7) is 4.52. The summed E-state index contributed by atoms with van der Waals surface area (Å²) in [7, 11) is 3.36. The Morgan fingerprint density at radius 2 is 1.75 bits per heavy atom. The zero-order chi connectivity index (χ0) is 26.1. The lowest BCUT2D eigenvalue weighted by molar-refractivity contribution is -0.140. The molecule has 0 spiro atoms. The molecule has 1 amide bonds. The fraction of sp³-hybridized carbons (Fsp3) is 0.393. The molecular weight excluding hydrogens is 474 g/mol. The van der Waals surface area contributed by atoms with E-state index in [-0.39, 0.29) is 12.5 Å². The molecule has 2 N–H and O–H groups in total. The van der Waals surface area contributed by atoms with Crippen LogP contribution in [-0.4, -0.2) is 49.3 Å². The lowest BCUT2D eigenvalue weighted by Gasteiger charge is -2.35. The van der Waals surface area contributed by atoms with Crippen molar-refractivity contribution in [2.24, 2.45) is 0 Å². The number of rotatable bonds is 11. The van der Waals surface area contributed by atoms with Crippen molar-refractivity contribution >= 4 is 34.9 Å². The smallest absolute Gasteiger partial charge is 0.338 e. The maximum atomic E-state index is 12.9. The molecule has 0 radical (unpaired) electrons. The maximum Gasteiger partial charge on any atom is 0.338 e. The molecule has 8 heteroatoms. The van der Waals surface area contributed by atoms with Crippen LogP contribution in [0.1, 0.15) is 60.6 Å². The number of methoxy groups -OCH3 is 1. The first-order valence-corrected chi connectivity index (χ1v) is 12.7. The third-order valence-electron chi connectivity index (χ3n) is 6.28. The van der Waals surface area contributed by atoms with Gasteiger partial charge in [0.05, 0.1) is 18.2 Å². The molecule has 0 fully saturated rings. The number of hydrogen-bond acceptors (Lipinski definition) is 5. The molecule has 0 aromatic heterocycles. The fourth-order valence-corrected chi connectivity index (χ4v) is 4.26. The molecule has 0 bridgehead atoms. The van der Waals surface area contributed by atoms with Gasteiger partial charge in [0.1, 0.15) is 6.61 Å². The van der Waals surface area contributed by atoms with Gasteiger partial charge < -0.3 is 25.0 Å². The molecule has 2 aromatic carbocycles. The summed E-state index contributed by atoms with van der Waals surface area (Å²) in [4.78, 5) is 27.4. The van der Waals surface area contributed by atoms with E-state index < -0.39 is 12.0 Å². The highest BCUT2D eigenvalue weighted by Crippen LogP contribution is 2.31. The number of carbonyl (C=O) groups excluding carboxylic acids is 2. The average Bonchev–Trinajstić information content (AvgIpc) is 2.88. The summed E-state index contributed by atoms with van der Waals surface area (Å²) in [5.41, 5.74) is 4.56. The van der Waals surface area contributed by atoms with Crippen LogP contribution in [0.5, 0.6) is 0 Å². The van der Waals surface area contributed by atoms with Crippen LogP contribution in [0.3, 0.4) is 0 Å². The van der Waals surface area contributed by atoms with E-state index in [1.54, 1.807) is 19.1 Å². The fourth-order valence-electron chi connectivity index (χ4n) is 4.01. The molecule has 192 valence electrons. The van der Waals surface area contributed by atoms with Crippen LogP contribution in [-0.2, 0) is 20.7 Å². The first-order valence-electron chi connectivity index (χ1n) is 12.3.